The summed E-state index contributed by atoms with van der Waals surface area (Å²) in [7, 11) is -2.92. The zero-order valence-corrected chi connectivity index (χ0v) is 12.4. The Morgan fingerprint density at radius 1 is 1.28 bits per heavy atom. The van der Waals surface area contributed by atoms with Crippen LogP contribution in [0.5, 0.6) is 0 Å². The van der Waals surface area contributed by atoms with Gasteiger partial charge in [-0.3, -0.25) is 0 Å². The first kappa shape index (κ1) is 15.9. The van der Waals surface area contributed by atoms with Gasteiger partial charge in [0.05, 0.1) is 12.4 Å². The Bertz CT molecular complexity index is 332. The fourth-order valence-corrected chi connectivity index (χ4v) is 3.83. The lowest BCUT2D eigenvalue weighted by molar-refractivity contribution is 0.108. The average Bonchev–Trinajstić information content (AvgIpc) is 2.32. The molecule has 0 unspecified atom stereocenters. The number of aliphatic hydroxyl groups excluding tert-OH is 1. The molecule has 2 N–H and O–H groups in total. The van der Waals surface area contributed by atoms with E-state index in [-0.39, 0.29) is 23.7 Å². The smallest absolute Gasteiger partial charge is 0.151 e. The first-order valence-corrected chi connectivity index (χ1v) is 8.81. The van der Waals surface area contributed by atoms with Crippen molar-refractivity contribution in [3.05, 3.63) is 0 Å². The standard InChI is InChI=1S/C13H27NO3S/c1-3-9-18(16,17)10-8-14-13(11-15)6-4-12(2)5-7-13/h12,14-15H,3-11H2,1-2H3. The molecule has 0 aliphatic heterocycles. The summed E-state index contributed by atoms with van der Waals surface area (Å²) >= 11 is 0. The van der Waals surface area contributed by atoms with Crippen molar-refractivity contribution in [2.24, 2.45) is 5.92 Å². The van der Waals surface area contributed by atoms with E-state index in [1.807, 2.05) is 6.92 Å². The predicted octanol–water partition coefficient (Wildman–Crippen LogP) is 1.34. The van der Waals surface area contributed by atoms with E-state index in [2.05, 4.69) is 12.2 Å². The Labute approximate surface area is 111 Å². The molecule has 1 aliphatic carbocycles. The molecule has 1 saturated carbocycles. The van der Waals surface area contributed by atoms with Gasteiger partial charge >= 0.3 is 0 Å². The maximum absolute atomic E-state index is 11.6. The van der Waals surface area contributed by atoms with Gasteiger partial charge in [-0.05, 0) is 38.0 Å². The van der Waals surface area contributed by atoms with Crippen LogP contribution in [0.3, 0.4) is 0 Å². The largest absolute Gasteiger partial charge is 0.394 e. The highest BCUT2D eigenvalue weighted by Gasteiger charge is 2.33. The van der Waals surface area contributed by atoms with Crippen LogP contribution in [0.15, 0.2) is 0 Å². The third kappa shape index (κ3) is 4.86. The molecule has 1 aliphatic rings. The van der Waals surface area contributed by atoms with Crippen molar-refractivity contribution in [2.75, 3.05) is 24.7 Å². The summed E-state index contributed by atoms with van der Waals surface area (Å²) in [5.41, 5.74) is -0.242. The van der Waals surface area contributed by atoms with Gasteiger partial charge in [0, 0.05) is 17.8 Å². The first-order valence-electron chi connectivity index (χ1n) is 6.99. The normalized spacial score (nSPS) is 29.4. The fourth-order valence-electron chi connectivity index (χ4n) is 2.59. The Balaban J connectivity index is 2.41. The molecule has 0 aromatic carbocycles. The Kier molecular flexibility index (Phi) is 6.08. The molecule has 4 nitrogen and oxygen atoms in total. The van der Waals surface area contributed by atoms with Crippen molar-refractivity contribution in [3.8, 4) is 0 Å². The second-order valence-corrected chi connectivity index (χ2v) is 8.00. The number of sulfone groups is 1. The van der Waals surface area contributed by atoms with Gasteiger partial charge in [-0.25, -0.2) is 8.42 Å². The van der Waals surface area contributed by atoms with Crippen LogP contribution in [0.1, 0.15) is 46.0 Å². The van der Waals surface area contributed by atoms with Gasteiger partial charge in [-0.1, -0.05) is 13.8 Å². The van der Waals surface area contributed by atoms with E-state index in [1.54, 1.807) is 0 Å². The molecule has 0 amide bonds. The molecule has 0 aromatic heterocycles. The molecule has 0 radical (unpaired) electrons. The Hall–Kier alpha value is -0.130. The molecule has 1 fully saturated rings. The zero-order chi connectivity index (χ0) is 13.6. The first-order chi connectivity index (χ1) is 8.43. The lowest BCUT2D eigenvalue weighted by Crippen LogP contribution is -2.52. The summed E-state index contributed by atoms with van der Waals surface area (Å²) in [5.74, 6) is 1.16. The molecule has 5 heteroatoms. The highest BCUT2D eigenvalue weighted by molar-refractivity contribution is 7.91. The summed E-state index contributed by atoms with van der Waals surface area (Å²) < 4.78 is 23.2. The molecule has 1 rings (SSSR count). The van der Waals surface area contributed by atoms with E-state index in [0.717, 1.165) is 31.6 Å². The highest BCUT2D eigenvalue weighted by atomic mass is 32.2. The molecule has 0 bridgehead atoms. The van der Waals surface area contributed by atoms with Gasteiger partial charge in [0.25, 0.3) is 0 Å². The summed E-state index contributed by atoms with van der Waals surface area (Å²) in [6.07, 6.45) is 4.77. The van der Waals surface area contributed by atoms with Crippen LogP contribution in [-0.2, 0) is 9.84 Å². The van der Waals surface area contributed by atoms with Gasteiger partial charge in [-0.2, -0.15) is 0 Å². The van der Waals surface area contributed by atoms with Crippen molar-refractivity contribution >= 4 is 9.84 Å². The van der Waals surface area contributed by atoms with Crippen molar-refractivity contribution in [3.63, 3.8) is 0 Å². The van der Waals surface area contributed by atoms with E-state index >= 15 is 0 Å². The molecule has 108 valence electrons. The lowest BCUT2D eigenvalue weighted by Gasteiger charge is -2.39. The number of aliphatic hydroxyl groups is 1. The molecule has 0 atom stereocenters. The van der Waals surface area contributed by atoms with Crippen molar-refractivity contribution in [2.45, 2.75) is 51.5 Å². The monoisotopic (exact) mass is 277 g/mol. The molecule has 18 heavy (non-hydrogen) atoms. The summed E-state index contributed by atoms with van der Waals surface area (Å²) in [5, 5.41) is 12.8. The summed E-state index contributed by atoms with van der Waals surface area (Å²) in [6.45, 7) is 4.67. The Morgan fingerprint density at radius 2 is 1.89 bits per heavy atom. The minimum atomic E-state index is -2.92. The van der Waals surface area contributed by atoms with Gasteiger partial charge < -0.3 is 10.4 Å². The fraction of sp³-hybridized carbons (Fsp3) is 1.00. The van der Waals surface area contributed by atoms with E-state index < -0.39 is 9.84 Å². The third-order valence-corrected chi connectivity index (χ3v) is 5.82. The van der Waals surface area contributed by atoms with Crippen molar-refractivity contribution in [1.29, 1.82) is 0 Å². The summed E-state index contributed by atoms with van der Waals surface area (Å²) in [6, 6.07) is 0. The van der Waals surface area contributed by atoms with Crippen LogP contribution in [0.2, 0.25) is 0 Å². The predicted molar refractivity (Wildman–Crippen MR) is 74.4 cm³/mol. The SMILES string of the molecule is CCCS(=O)(=O)CCNC1(CO)CCC(C)CC1. The Morgan fingerprint density at radius 3 is 2.39 bits per heavy atom. The topological polar surface area (TPSA) is 66.4 Å². The van der Waals surface area contributed by atoms with E-state index in [9.17, 15) is 13.5 Å². The van der Waals surface area contributed by atoms with Crippen LogP contribution in [0.4, 0.5) is 0 Å². The van der Waals surface area contributed by atoms with E-state index in [1.165, 1.54) is 0 Å². The third-order valence-electron chi connectivity index (χ3n) is 3.96. The zero-order valence-electron chi connectivity index (χ0n) is 11.6. The van der Waals surface area contributed by atoms with Crippen LogP contribution in [0, 0.1) is 5.92 Å². The number of rotatable bonds is 7. The van der Waals surface area contributed by atoms with Crippen molar-refractivity contribution < 1.29 is 13.5 Å². The van der Waals surface area contributed by atoms with Crippen LogP contribution >= 0.6 is 0 Å². The number of hydrogen-bond acceptors (Lipinski definition) is 4. The maximum Gasteiger partial charge on any atom is 0.151 e. The summed E-state index contributed by atoms with van der Waals surface area (Å²) in [4.78, 5) is 0. The molecule has 0 saturated heterocycles. The molecular formula is C13H27NO3S. The van der Waals surface area contributed by atoms with Gasteiger partial charge in [0.2, 0.25) is 0 Å². The van der Waals surface area contributed by atoms with Crippen LogP contribution < -0.4 is 5.32 Å². The minimum absolute atomic E-state index is 0.105. The van der Waals surface area contributed by atoms with Gasteiger partial charge in [-0.15, -0.1) is 0 Å². The van der Waals surface area contributed by atoms with Crippen molar-refractivity contribution in [1.82, 2.24) is 5.32 Å². The van der Waals surface area contributed by atoms with E-state index in [0.29, 0.717) is 13.0 Å². The number of nitrogens with one attached hydrogen (secondary N) is 1. The lowest BCUT2D eigenvalue weighted by atomic mass is 9.77. The second-order valence-electron chi connectivity index (χ2n) is 5.70. The quantitative estimate of drug-likeness (QED) is 0.737. The molecule has 0 heterocycles. The molecule has 0 aromatic rings. The van der Waals surface area contributed by atoms with Gasteiger partial charge in [0.1, 0.15) is 0 Å². The highest BCUT2D eigenvalue weighted by Crippen LogP contribution is 2.31. The molecule has 0 spiro atoms. The minimum Gasteiger partial charge on any atom is -0.394 e. The van der Waals surface area contributed by atoms with E-state index in [4.69, 9.17) is 0 Å². The average molecular weight is 277 g/mol. The van der Waals surface area contributed by atoms with Crippen LogP contribution in [-0.4, -0.2) is 43.7 Å². The van der Waals surface area contributed by atoms with Crippen LogP contribution in [0.25, 0.3) is 0 Å². The second kappa shape index (κ2) is 6.87. The number of hydrogen-bond donors (Lipinski definition) is 2. The molecular weight excluding hydrogens is 250 g/mol. The maximum atomic E-state index is 11.6. The van der Waals surface area contributed by atoms with Gasteiger partial charge in [0.15, 0.2) is 9.84 Å².